The maximum absolute atomic E-state index is 6.05. The third-order valence-corrected chi connectivity index (χ3v) is 6.25. The molecule has 2 heterocycles. The van der Waals surface area contributed by atoms with Crippen LogP contribution >= 0.6 is 23.5 Å². The predicted octanol–water partition coefficient (Wildman–Crippen LogP) is 3.93. The molecule has 2 atom stereocenters. The van der Waals surface area contributed by atoms with E-state index in [1.54, 1.807) is 0 Å². The van der Waals surface area contributed by atoms with Crippen LogP contribution in [-0.4, -0.2) is 29.1 Å². The number of rotatable bonds is 4. The van der Waals surface area contributed by atoms with E-state index < -0.39 is 0 Å². The minimum Gasteiger partial charge on any atom is -0.459 e. The van der Waals surface area contributed by atoms with Gasteiger partial charge >= 0.3 is 0 Å². The number of benzene rings is 1. The Hall–Kier alpha value is -0.580. The highest BCUT2D eigenvalue weighted by Crippen LogP contribution is 2.35. The van der Waals surface area contributed by atoms with E-state index in [-0.39, 0.29) is 0 Å². The van der Waals surface area contributed by atoms with E-state index in [2.05, 4.69) is 54.0 Å². The van der Waals surface area contributed by atoms with E-state index in [1.807, 2.05) is 12.1 Å². The highest BCUT2D eigenvalue weighted by atomic mass is 32.2. The first-order chi connectivity index (χ1) is 9.38. The molecule has 102 valence electrons. The molecule has 0 saturated carbocycles. The summed E-state index contributed by atoms with van der Waals surface area (Å²) in [4.78, 5) is 0. The zero-order valence-electron chi connectivity index (χ0n) is 11.1. The zero-order valence-corrected chi connectivity index (χ0v) is 12.7. The molecule has 0 spiro atoms. The highest BCUT2D eigenvalue weighted by molar-refractivity contribution is 8.06. The Morgan fingerprint density at radius 3 is 3.00 bits per heavy atom. The van der Waals surface area contributed by atoms with Crippen molar-refractivity contribution in [1.82, 2.24) is 5.32 Å². The Bertz CT molecular complexity index is 501. The largest absolute Gasteiger partial charge is 0.459 e. The SMILES string of the molecule is CCNC(c1cc2ccccc2o1)C1CSCCS1. The third-order valence-electron chi connectivity index (χ3n) is 3.39. The summed E-state index contributed by atoms with van der Waals surface area (Å²) in [6.07, 6.45) is 0. The van der Waals surface area contributed by atoms with Crippen molar-refractivity contribution in [3.63, 3.8) is 0 Å². The summed E-state index contributed by atoms with van der Waals surface area (Å²) in [5.74, 6) is 4.82. The standard InChI is InChI=1S/C15H19NOS2/c1-2-16-15(14-10-18-7-8-19-14)13-9-11-5-3-4-6-12(11)17-13/h3-6,9,14-16H,2,7-8,10H2,1H3. The van der Waals surface area contributed by atoms with Crippen molar-refractivity contribution in [3.05, 3.63) is 36.1 Å². The van der Waals surface area contributed by atoms with Crippen molar-refractivity contribution in [2.24, 2.45) is 0 Å². The molecular weight excluding hydrogens is 274 g/mol. The lowest BCUT2D eigenvalue weighted by atomic mass is 10.1. The van der Waals surface area contributed by atoms with E-state index >= 15 is 0 Å². The molecule has 19 heavy (non-hydrogen) atoms. The van der Waals surface area contributed by atoms with Gasteiger partial charge in [0.25, 0.3) is 0 Å². The Morgan fingerprint density at radius 1 is 1.37 bits per heavy atom. The molecule has 1 aliphatic heterocycles. The van der Waals surface area contributed by atoms with Gasteiger partial charge < -0.3 is 9.73 Å². The summed E-state index contributed by atoms with van der Waals surface area (Å²) < 4.78 is 6.05. The lowest BCUT2D eigenvalue weighted by Crippen LogP contribution is -2.33. The van der Waals surface area contributed by atoms with Gasteiger partial charge in [0.1, 0.15) is 11.3 Å². The number of hydrogen-bond donors (Lipinski definition) is 1. The number of nitrogens with one attached hydrogen (secondary N) is 1. The zero-order chi connectivity index (χ0) is 13.1. The average Bonchev–Trinajstić information content (AvgIpc) is 2.89. The van der Waals surface area contributed by atoms with Crippen LogP contribution in [0.1, 0.15) is 18.7 Å². The fourth-order valence-electron chi connectivity index (χ4n) is 2.49. The lowest BCUT2D eigenvalue weighted by Gasteiger charge is -2.28. The predicted molar refractivity (Wildman–Crippen MR) is 86.2 cm³/mol. The number of para-hydroxylation sites is 1. The molecule has 1 N–H and O–H groups in total. The minimum absolute atomic E-state index is 0.329. The molecule has 1 aromatic carbocycles. The van der Waals surface area contributed by atoms with E-state index in [9.17, 15) is 0 Å². The van der Waals surface area contributed by atoms with Crippen molar-refractivity contribution in [3.8, 4) is 0 Å². The molecule has 1 fully saturated rings. The average molecular weight is 293 g/mol. The monoisotopic (exact) mass is 293 g/mol. The Kier molecular flexibility index (Phi) is 4.41. The molecule has 1 aromatic heterocycles. The molecule has 3 rings (SSSR count). The van der Waals surface area contributed by atoms with Gasteiger partial charge in [-0.25, -0.2) is 0 Å². The van der Waals surface area contributed by atoms with Gasteiger partial charge in [-0.15, -0.1) is 0 Å². The Morgan fingerprint density at radius 2 is 2.26 bits per heavy atom. The summed E-state index contributed by atoms with van der Waals surface area (Å²) in [6.45, 7) is 3.14. The van der Waals surface area contributed by atoms with Crippen LogP contribution in [0.15, 0.2) is 34.7 Å². The van der Waals surface area contributed by atoms with E-state index in [4.69, 9.17) is 4.42 Å². The first kappa shape index (κ1) is 13.4. The normalized spacial score (nSPS) is 21.6. The van der Waals surface area contributed by atoms with Crippen LogP contribution in [0.5, 0.6) is 0 Å². The highest BCUT2D eigenvalue weighted by Gasteiger charge is 2.27. The van der Waals surface area contributed by atoms with Gasteiger partial charge in [-0.2, -0.15) is 23.5 Å². The molecular formula is C15H19NOS2. The van der Waals surface area contributed by atoms with E-state index in [0.717, 1.165) is 17.9 Å². The van der Waals surface area contributed by atoms with Crippen LogP contribution in [0.2, 0.25) is 0 Å². The lowest BCUT2D eigenvalue weighted by molar-refractivity contribution is 0.436. The molecule has 1 aliphatic rings. The first-order valence-corrected chi connectivity index (χ1v) is 9.00. The maximum Gasteiger partial charge on any atom is 0.134 e. The second-order valence-electron chi connectivity index (χ2n) is 4.71. The summed E-state index contributed by atoms with van der Waals surface area (Å²) in [5.41, 5.74) is 0.994. The molecule has 0 radical (unpaired) electrons. The number of thioether (sulfide) groups is 2. The van der Waals surface area contributed by atoms with Gasteiger partial charge in [0.2, 0.25) is 0 Å². The number of fused-ring (bicyclic) bond motifs is 1. The second kappa shape index (κ2) is 6.25. The van der Waals surface area contributed by atoms with Crippen molar-refractivity contribution in [2.45, 2.75) is 18.2 Å². The van der Waals surface area contributed by atoms with Crippen LogP contribution < -0.4 is 5.32 Å². The first-order valence-electron chi connectivity index (χ1n) is 6.79. The summed E-state index contributed by atoms with van der Waals surface area (Å²) in [6, 6.07) is 10.8. The summed E-state index contributed by atoms with van der Waals surface area (Å²) in [7, 11) is 0. The fourth-order valence-corrected chi connectivity index (χ4v) is 5.34. The topological polar surface area (TPSA) is 25.2 Å². The van der Waals surface area contributed by atoms with Gasteiger partial charge in [-0.05, 0) is 18.7 Å². The van der Waals surface area contributed by atoms with Crippen molar-refractivity contribution >= 4 is 34.5 Å². The van der Waals surface area contributed by atoms with E-state index in [0.29, 0.717) is 11.3 Å². The molecule has 2 unspecified atom stereocenters. The molecule has 0 bridgehead atoms. The van der Waals surface area contributed by atoms with E-state index in [1.165, 1.54) is 22.6 Å². The fraction of sp³-hybridized carbons (Fsp3) is 0.467. The van der Waals surface area contributed by atoms with Gasteiger partial charge in [0.15, 0.2) is 0 Å². The molecule has 2 aromatic rings. The van der Waals surface area contributed by atoms with Crippen LogP contribution in [0, 0.1) is 0 Å². The van der Waals surface area contributed by atoms with Gasteiger partial charge in [0.05, 0.1) is 6.04 Å². The molecule has 0 amide bonds. The van der Waals surface area contributed by atoms with Crippen LogP contribution in [-0.2, 0) is 0 Å². The number of furan rings is 1. The van der Waals surface area contributed by atoms with Crippen molar-refractivity contribution in [1.29, 1.82) is 0 Å². The van der Waals surface area contributed by atoms with Crippen LogP contribution in [0.25, 0.3) is 11.0 Å². The maximum atomic E-state index is 6.05. The molecule has 1 saturated heterocycles. The van der Waals surface area contributed by atoms with Crippen molar-refractivity contribution in [2.75, 3.05) is 23.8 Å². The third kappa shape index (κ3) is 2.96. The quantitative estimate of drug-likeness (QED) is 0.923. The molecule has 2 nitrogen and oxygen atoms in total. The summed E-state index contributed by atoms with van der Waals surface area (Å²) in [5, 5.41) is 5.41. The van der Waals surface area contributed by atoms with Gasteiger partial charge in [-0.3, -0.25) is 0 Å². The number of hydrogen-bond acceptors (Lipinski definition) is 4. The molecule has 0 aliphatic carbocycles. The van der Waals surface area contributed by atoms with Gasteiger partial charge in [0, 0.05) is 27.9 Å². The van der Waals surface area contributed by atoms with Crippen molar-refractivity contribution < 1.29 is 4.42 Å². The summed E-state index contributed by atoms with van der Waals surface area (Å²) >= 11 is 4.13. The minimum atomic E-state index is 0.329. The molecule has 4 heteroatoms. The second-order valence-corrected chi connectivity index (χ2v) is 7.20. The van der Waals surface area contributed by atoms with Gasteiger partial charge in [-0.1, -0.05) is 25.1 Å². The van der Waals surface area contributed by atoms with Crippen LogP contribution in [0.4, 0.5) is 0 Å². The Balaban J connectivity index is 1.89. The Labute approximate surface area is 122 Å². The van der Waals surface area contributed by atoms with Crippen LogP contribution in [0.3, 0.4) is 0 Å². The smallest absolute Gasteiger partial charge is 0.134 e.